The first-order valence-corrected chi connectivity index (χ1v) is 6.69. The van der Waals surface area contributed by atoms with Gasteiger partial charge in [-0.15, -0.1) is 11.3 Å². The first-order valence-electron chi connectivity index (χ1n) is 5.40. The second kappa shape index (κ2) is 4.99. The van der Waals surface area contributed by atoms with Crippen molar-refractivity contribution in [2.75, 3.05) is 0 Å². The molecule has 2 N–H and O–H groups in total. The molecule has 2 aromatic rings. The fourth-order valence-electron chi connectivity index (χ4n) is 1.67. The number of pyridine rings is 1. The van der Waals surface area contributed by atoms with Gasteiger partial charge in [-0.3, -0.25) is 4.79 Å². The van der Waals surface area contributed by atoms with Crippen molar-refractivity contribution < 1.29 is 0 Å². The standard InChI is InChI=1S/C12H13N3OS2/c1-7-6-18-10(14-7)5-15-8(2)3-4-9(11(13)17)12(15)16/h3-4,6H,5H2,1-2H3,(H2,13,17). The van der Waals surface area contributed by atoms with E-state index in [-0.39, 0.29) is 10.5 Å². The maximum Gasteiger partial charge on any atom is 0.261 e. The van der Waals surface area contributed by atoms with Gasteiger partial charge in [-0.05, 0) is 26.0 Å². The zero-order valence-electron chi connectivity index (χ0n) is 10.1. The number of hydrogen-bond acceptors (Lipinski definition) is 4. The number of thiocarbonyl (C=S) groups is 1. The summed E-state index contributed by atoms with van der Waals surface area (Å²) in [4.78, 5) is 16.7. The van der Waals surface area contributed by atoms with Crippen molar-refractivity contribution in [3.63, 3.8) is 0 Å². The Morgan fingerprint density at radius 2 is 2.22 bits per heavy atom. The van der Waals surface area contributed by atoms with E-state index in [0.29, 0.717) is 12.1 Å². The average molecular weight is 279 g/mol. The van der Waals surface area contributed by atoms with E-state index in [1.807, 2.05) is 25.3 Å². The van der Waals surface area contributed by atoms with Crippen LogP contribution in [0.3, 0.4) is 0 Å². The molecule has 0 unspecified atom stereocenters. The monoisotopic (exact) mass is 279 g/mol. The van der Waals surface area contributed by atoms with Gasteiger partial charge in [-0.2, -0.15) is 0 Å². The van der Waals surface area contributed by atoms with Crippen molar-refractivity contribution in [1.29, 1.82) is 0 Å². The summed E-state index contributed by atoms with van der Waals surface area (Å²) in [6, 6.07) is 3.51. The predicted molar refractivity (Wildman–Crippen MR) is 77.3 cm³/mol. The first kappa shape index (κ1) is 12.9. The number of nitrogens with two attached hydrogens (primary N) is 1. The lowest BCUT2D eigenvalue weighted by Crippen LogP contribution is -2.30. The molecule has 0 radical (unpaired) electrons. The normalized spacial score (nSPS) is 10.6. The summed E-state index contributed by atoms with van der Waals surface area (Å²) in [7, 11) is 0. The SMILES string of the molecule is Cc1csc(Cn2c(C)ccc(C(N)=S)c2=O)n1. The van der Waals surface area contributed by atoms with Gasteiger partial charge < -0.3 is 10.3 Å². The minimum absolute atomic E-state index is 0.129. The van der Waals surface area contributed by atoms with Crippen LogP contribution in [-0.2, 0) is 6.54 Å². The number of rotatable bonds is 3. The van der Waals surface area contributed by atoms with Crippen LogP contribution in [0, 0.1) is 13.8 Å². The summed E-state index contributed by atoms with van der Waals surface area (Å²) >= 11 is 6.41. The van der Waals surface area contributed by atoms with Gasteiger partial charge in [0.15, 0.2) is 0 Å². The van der Waals surface area contributed by atoms with Crippen LogP contribution in [0.4, 0.5) is 0 Å². The number of aryl methyl sites for hydroxylation is 2. The lowest BCUT2D eigenvalue weighted by atomic mass is 10.2. The summed E-state index contributed by atoms with van der Waals surface area (Å²) in [5.74, 6) is 0. The first-order chi connectivity index (χ1) is 8.49. The van der Waals surface area contributed by atoms with E-state index in [1.165, 1.54) is 0 Å². The third-order valence-electron chi connectivity index (χ3n) is 2.62. The second-order valence-electron chi connectivity index (χ2n) is 4.03. The molecule has 0 aliphatic heterocycles. The molecule has 0 fully saturated rings. The maximum absolute atomic E-state index is 12.2. The molecule has 0 saturated heterocycles. The predicted octanol–water partition coefficient (Wildman–Crippen LogP) is 1.60. The van der Waals surface area contributed by atoms with Crippen LogP contribution < -0.4 is 11.3 Å². The minimum Gasteiger partial charge on any atom is -0.389 e. The van der Waals surface area contributed by atoms with Gasteiger partial charge in [0.2, 0.25) is 0 Å². The molecule has 0 aliphatic carbocycles. The molecule has 0 bridgehead atoms. The Bertz CT molecular complexity index is 658. The highest BCUT2D eigenvalue weighted by atomic mass is 32.1. The van der Waals surface area contributed by atoms with Crippen molar-refractivity contribution >= 4 is 28.5 Å². The largest absolute Gasteiger partial charge is 0.389 e. The summed E-state index contributed by atoms with van der Waals surface area (Å²) in [5.41, 5.74) is 7.59. The van der Waals surface area contributed by atoms with Crippen molar-refractivity contribution in [3.8, 4) is 0 Å². The van der Waals surface area contributed by atoms with Gasteiger partial charge in [0.1, 0.15) is 10.00 Å². The summed E-state index contributed by atoms with van der Waals surface area (Å²) in [6.07, 6.45) is 0. The van der Waals surface area contributed by atoms with Crippen LogP contribution in [0.15, 0.2) is 22.3 Å². The second-order valence-corrected chi connectivity index (χ2v) is 5.41. The molecule has 94 valence electrons. The van der Waals surface area contributed by atoms with Crippen LogP contribution in [0.1, 0.15) is 22.0 Å². The Kier molecular flexibility index (Phi) is 3.58. The number of hydrogen-bond donors (Lipinski definition) is 1. The molecule has 0 aromatic carbocycles. The number of nitrogens with zero attached hydrogens (tertiary/aromatic N) is 2. The van der Waals surface area contributed by atoms with Crippen molar-refractivity contribution in [1.82, 2.24) is 9.55 Å². The van der Waals surface area contributed by atoms with Gasteiger partial charge in [-0.25, -0.2) is 4.98 Å². The van der Waals surface area contributed by atoms with Gasteiger partial charge in [0.25, 0.3) is 5.56 Å². The summed E-state index contributed by atoms with van der Waals surface area (Å²) in [5, 5.41) is 2.87. The van der Waals surface area contributed by atoms with Crippen LogP contribution in [0.2, 0.25) is 0 Å². The van der Waals surface area contributed by atoms with Gasteiger partial charge in [-0.1, -0.05) is 12.2 Å². The lowest BCUT2D eigenvalue weighted by molar-refractivity contribution is 0.722. The van der Waals surface area contributed by atoms with E-state index < -0.39 is 0 Å². The van der Waals surface area contributed by atoms with Gasteiger partial charge >= 0.3 is 0 Å². The summed E-state index contributed by atoms with van der Waals surface area (Å²) in [6.45, 7) is 4.27. The fraction of sp³-hybridized carbons (Fsp3) is 0.250. The molecule has 0 amide bonds. The van der Waals surface area contributed by atoms with Gasteiger partial charge in [0.05, 0.1) is 12.1 Å². The highest BCUT2D eigenvalue weighted by Gasteiger charge is 2.10. The number of aromatic nitrogens is 2. The van der Waals surface area contributed by atoms with Crippen LogP contribution >= 0.6 is 23.6 Å². The number of thiazole rings is 1. The highest BCUT2D eigenvalue weighted by molar-refractivity contribution is 7.80. The summed E-state index contributed by atoms with van der Waals surface area (Å²) < 4.78 is 1.65. The Morgan fingerprint density at radius 1 is 1.50 bits per heavy atom. The van der Waals surface area contributed by atoms with Crippen molar-refractivity contribution in [2.45, 2.75) is 20.4 Å². The zero-order valence-corrected chi connectivity index (χ0v) is 11.8. The van der Waals surface area contributed by atoms with E-state index >= 15 is 0 Å². The van der Waals surface area contributed by atoms with E-state index in [4.69, 9.17) is 18.0 Å². The van der Waals surface area contributed by atoms with Crippen LogP contribution in [-0.4, -0.2) is 14.5 Å². The molecule has 2 heterocycles. The quantitative estimate of drug-likeness (QED) is 0.867. The topological polar surface area (TPSA) is 60.9 Å². The van der Waals surface area contributed by atoms with E-state index in [9.17, 15) is 4.79 Å². The molecule has 2 aromatic heterocycles. The Balaban J connectivity index is 2.47. The lowest BCUT2D eigenvalue weighted by Gasteiger charge is -2.09. The molecule has 2 rings (SSSR count). The molecular formula is C12H13N3OS2. The average Bonchev–Trinajstić information content (AvgIpc) is 2.69. The molecule has 4 nitrogen and oxygen atoms in total. The molecule has 18 heavy (non-hydrogen) atoms. The molecule has 0 aliphatic rings. The van der Waals surface area contributed by atoms with E-state index in [0.717, 1.165) is 16.4 Å². The van der Waals surface area contributed by atoms with E-state index in [1.54, 1.807) is 22.0 Å². The smallest absolute Gasteiger partial charge is 0.261 e. The fourth-order valence-corrected chi connectivity index (χ4v) is 2.58. The van der Waals surface area contributed by atoms with Crippen molar-refractivity contribution in [3.05, 3.63) is 49.8 Å². The zero-order chi connectivity index (χ0) is 13.3. The molecule has 0 atom stereocenters. The molecule has 0 saturated carbocycles. The molecule has 0 spiro atoms. The van der Waals surface area contributed by atoms with Crippen molar-refractivity contribution in [2.24, 2.45) is 5.73 Å². The van der Waals surface area contributed by atoms with E-state index in [2.05, 4.69) is 4.98 Å². The van der Waals surface area contributed by atoms with Crippen LogP contribution in [0.25, 0.3) is 0 Å². The van der Waals surface area contributed by atoms with Crippen LogP contribution in [0.5, 0.6) is 0 Å². The molecule has 6 heteroatoms. The molecular weight excluding hydrogens is 266 g/mol. The van der Waals surface area contributed by atoms with Gasteiger partial charge in [0, 0.05) is 16.8 Å². The minimum atomic E-state index is -0.157. The Labute approximate surface area is 114 Å². The highest BCUT2D eigenvalue weighted by Crippen LogP contribution is 2.11. The Morgan fingerprint density at radius 3 is 2.78 bits per heavy atom. The third kappa shape index (κ3) is 2.49. The Hall–Kier alpha value is -1.53. The maximum atomic E-state index is 12.2. The third-order valence-corrected chi connectivity index (χ3v) is 3.79.